The van der Waals surface area contributed by atoms with Crippen LogP contribution in [-0.4, -0.2) is 36.6 Å². The van der Waals surface area contributed by atoms with E-state index in [1.165, 1.54) is 83.5 Å². The van der Waals surface area contributed by atoms with E-state index in [1.54, 1.807) is 0 Å². The number of carbonyl (C=O) groups excluding carboxylic acids is 1. The lowest BCUT2D eigenvalue weighted by molar-refractivity contribution is -0.931. The molecule has 0 saturated heterocycles. The summed E-state index contributed by atoms with van der Waals surface area (Å²) in [5.41, 5.74) is -0.773. The molecule has 3 nitrogen and oxygen atoms in total. The summed E-state index contributed by atoms with van der Waals surface area (Å²) >= 11 is 0. The minimum absolute atomic E-state index is 0.494. The first-order valence-corrected chi connectivity index (χ1v) is 11.9. The molecule has 0 aromatic carbocycles. The predicted molar refractivity (Wildman–Crippen MR) is 116 cm³/mol. The summed E-state index contributed by atoms with van der Waals surface area (Å²) in [7, 11) is 4.00. The third kappa shape index (κ3) is 11.1. The fourth-order valence-electron chi connectivity index (χ4n) is 3.84. The van der Waals surface area contributed by atoms with Crippen LogP contribution in [-0.2, 0) is 4.79 Å². The zero-order valence-electron chi connectivity index (χ0n) is 19.3. The van der Waals surface area contributed by atoms with Gasteiger partial charge in [-0.3, -0.25) is 0 Å². The molecule has 162 valence electrons. The molecule has 0 aliphatic carbocycles. The Morgan fingerprint density at radius 3 is 1.33 bits per heavy atom. The Morgan fingerprint density at radius 2 is 1.04 bits per heavy atom. The average Bonchev–Trinajstić information content (AvgIpc) is 2.64. The third-order valence-electron chi connectivity index (χ3n) is 6.83. The number of unbranched alkanes of at least 4 members (excludes halogenated alkanes) is 14. The van der Waals surface area contributed by atoms with Crippen molar-refractivity contribution in [3.8, 4) is 0 Å². The standard InChI is InChI=1S/C24H49NO2/c1-6-8-9-10-11-12-13-14-15-16-17-18-19-20-21-22-24(3,23(26)27)25(4,5)7-2/h6-22H2,1-5H3. The molecule has 1 unspecified atom stereocenters. The highest BCUT2D eigenvalue weighted by Gasteiger charge is 2.40. The molecule has 27 heavy (non-hydrogen) atoms. The van der Waals surface area contributed by atoms with Gasteiger partial charge in [-0.15, -0.1) is 0 Å². The summed E-state index contributed by atoms with van der Waals surface area (Å²) in [5.74, 6) is -0.903. The Bertz CT molecular complexity index is 367. The Hall–Kier alpha value is -0.570. The topological polar surface area (TPSA) is 40.1 Å². The smallest absolute Gasteiger partial charge is 0.136 e. The minimum Gasteiger partial charge on any atom is -0.544 e. The molecule has 0 amide bonds. The highest BCUT2D eigenvalue weighted by atomic mass is 16.4. The molecule has 3 heteroatoms. The maximum absolute atomic E-state index is 11.7. The summed E-state index contributed by atoms with van der Waals surface area (Å²) in [6.45, 7) is 6.99. The number of quaternary nitrogens is 1. The maximum atomic E-state index is 11.7. The maximum Gasteiger partial charge on any atom is 0.136 e. The lowest BCUT2D eigenvalue weighted by Crippen LogP contribution is -2.66. The second-order valence-corrected chi connectivity index (χ2v) is 9.26. The van der Waals surface area contributed by atoms with Gasteiger partial charge in [-0.2, -0.15) is 0 Å². The number of carboxylic acids is 1. The largest absolute Gasteiger partial charge is 0.544 e. The zero-order valence-corrected chi connectivity index (χ0v) is 19.3. The quantitative estimate of drug-likeness (QED) is 0.207. The van der Waals surface area contributed by atoms with E-state index in [9.17, 15) is 9.90 Å². The van der Waals surface area contributed by atoms with Gasteiger partial charge < -0.3 is 14.4 Å². The Kier molecular flexibility index (Phi) is 15.0. The molecule has 0 heterocycles. The number of hydrogen-bond acceptors (Lipinski definition) is 2. The monoisotopic (exact) mass is 383 g/mol. The lowest BCUT2D eigenvalue weighted by atomic mass is 9.90. The third-order valence-corrected chi connectivity index (χ3v) is 6.83. The molecule has 0 N–H and O–H groups in total. The van der Waals surface area contributed by atoms with Crippen LogP contribution in [0.15, 0.2) is 0 Å². The molecule has 0 radical (unpaired) electrons. The van der Waals surface area contributed by atoms with E-state index in [4.69, 9.17) is 0 Å². The Labute approximate surface area is 170 Å². The van der Waals surface area contributed by atoms with E-state index in [0.717, 1.165) is 19.4 Å². The van der Waals surface area contributed by atoms with E-state index in [1.807, 2.05) is 27.9 Å². The van der Waals surface area contributed by atoms with Gasteiger partial charge in [0.25, 0.3) is 0 Å². The van der Waals surface area contributed by atoms with Crippen LogP contribution < -0.4 is 5.11 Å². The van der Waals surface area contributed by atoms with Crippen LogP contribution in [0.2, 0.25) is 0 Å². The number of carboxylic acid groups (broad SMARTS) is 1. The summed E-state index contributed by atoms with van der Waals surface area (Å²) in [6.07, 6.45) is 20.7. The predicted octanol–water partition coefficient (Wildman–Crippen LogP) is 5.85. The van der Waals surface area contributed by atoms with Crippen molar-refractivity contribution in [2.75, 3.05) is 20.6 Å². The Morgan fingerprint density at radius 1 is 0.704 bits per heavy atom. The van der Waals surface area contributed by atoms with Gasteiger partial charge in [0.1, 0.15) is 11.5 Å². The van der Waals surface area contributed by atoms with Gasteiger partial charge in [0.05, 0.1) is 20.6 Å². The van der Waals surface area contributed by atoms with Gasteiger partial charge in [0.15, 0.2) is 0 Å². The lowest BCUT2D eigenvalue weighted by Gasteiger charge is -2.47. The molecule has 0 spiro atoms. The van der Waals surface area contributed by atoms with Gasteiger partial charge in [-0.05, 0) is 20.3 Å². The molecular formula is C24H49NO2. The highest BCUT2D eigenvalue weighted by Crippen LogP contribution is 2.27. The van der Waals surface area contributed by atoms with Gasteiger partial charge >= 0.3 is 0 Å². The molecule has 0 fully saturated rings. The van der Waals surface area contributed by atoms with Crippen LogP contribution in [0, 0.1) is 0 Å². The Balaban J connectivity index is 3.58. The van der Waals surface area contributed by atoms with Crippen LogP contribution in [0.5, 0.6) is 0 Å². The minimum atomic E-state index is -0.903. The van der Waals surface area contributed by atoms with E-state index >= 15 is 0 Å². The van der Waals surface area contributed by atoms with Crippen molar-refractivity contribution in [2.24, 2.45) is 0 Å². The van der Waals surface area contributed by atoms with Crippen molar-refractivity contribution in [2.45, 2.75) is 129 Å². The molecule has 0 rings (SSSR count). The van der Waals surface area contributed by atoms with Crippen molar-refractivity contribution >= 4 is 5.97 Å². The SMILES string of the molecule is CCCCCCCCCCCCCCCCCC(C)(C(=O)[O-])[N+](C)(C)CC. The second kappa shape index (κ2) is 15.4. The van der Waals surface area contributed by atoms with Gasteiger partial charge in [0.2, 0.25) is 0 Å². The van der Waals surface area contributed by atoms with Crippen molar-refractivity contribution in [1.29, 1.82) is 0 Å². The molecule has 0 aromatic rings. The van der Waals surface area contributed by atoms with Crippen LogP contribution in [0.25, 0.3) is 0 Å². The van der Waals surface area contributed by atoms with Crippen molar-refractivity contribution in [3.63, 3.8) is 0 Å². The van der Waals surface area contributed by atoms with Gasteiger partial charge in [0, 0.05) is 6.42 Å². The molecule has 1 atom stereocenters. The molecule has 0 bridgehead atoms. The van der Waals surface area contributed by atoms with Crippen LogP contribution in [0.4, 0.5) is 0 Å². The van der Waals surface area contributed by atoms with E-state index < -0.39 is 11.5 Å². The van der Waals surface area contributed by atoms with Gasteiger partial charge in [-0.1, -0.05) is 96.8 Å². The van der Waals surface area contributed by atoms with E-state index in [-0.39, 0.29) is 0 Å². The number of hydrogen-bond donors (Lipinski definition) is 0. The van der Waals surface area contributed by atoms with E-state index in [0.29, 0.717) is 10.9 Å². The first kappa shape index (κ1) is 26.4. The molecule has 0 aliphatic heterocycles. The first-order valence-electron chi connectivity index (χ1n) is 11.9. The number of carbonyl (C=O) groups is 1. The second-order valence-electron chi connectivity index (χ2n) is 9.26. The fourth-order valence-corrected chi connectivity index (χ4v) is 3.84. The summed E-state index contributed by atoms with van der Waals surface area (Å²) in [4.78, 5) is 11.7. The number of likely N-dealkylation sites (N-methyl/N-ethyl adjacent to an activating group) is 1. The van der Waals surface area contributed by atoms with Gasteiger partial charge in [-0.25, -0.2) is 0 Å². The summed E-state index contributed by atoms with van der Waals surface area (Å²) < 4.78 is 0.494. The zero-order chi connectivity index (χ0) is 20.6. The van der Waals surface area contributed by atoms with Crippen molar-refractivity contribution in [1.82, 2.24) is 0 Å². The summed E-state index contributed by atoms with van der Waals surface area (Å²) in [6, 6.07) is 0. The number of rotatable bonds is 19. The van der Waals surface area contributed by atoms with Crippen LogP contribution in [0.1, 0.15) is 124 Å². The average molecular weight is 384 g/mol. The van der Waals surface area contributed by atoms with Crippen LogP contribution in [0.3, 0.4) is 0 Å². The van der Waals surface area contributed by atoms with Crippen molar-refractivity contribution in [3.05, 3.63) is 0 Å². The molecule has 0 aromatic heterocycles. The first-order chi connectivity index (χ1) is 12.8. The fraction of sp³-hybridized carbons (Fsp3) is 0.958. The number of nitrogens with zero attached hydrogens (tertiary/aromatic N) is 1. The molecule has 0 aliphatic rings. The molecular weight excluding hydrogens is 334 g/mol. The highest BCUT2D eigenvalue weighted by molar-refractivity contribution is 5.74. The van der Waals surface area contributed by atoms with Crippen LogP contribution >= 0.6 is 0 Å². The molecule has 0 saturated carbocycles. The number of aliphatic carboxylic acids is 1. The normalized spacial score (nSPS) is 14.3. The summed E-state index contributed by atoms with van der Waals surface area (Å²) in [5, 5.41) is 11.7. The van der Waals surface area contributed by atoms with E-state index in [2.05, 4.69) is 6.92 Å². The van der Waals surface area contributed by atoms with Crippen molar-refractivity contribution < 1.29 is 14.4 Å².